The summed E-state index contributed by atoms with van der Waals surface area (Å²) in [6.45, 7) is 0.266. The van der Waals surface area contributed by atoms with Crippen molar-refractivity contribution in [1.29, 1.82) is 0 Å². The van der Waals surface area contributed by atoms with Crippen LogP contribution in [0.1, 0.15) is 16.1 Å². The van der Waals surface area contributed by atoms with Crippen LogP contribution in [0.2, 0.25) is 0 Å². The Morgan fingerprint density at radius 1 is 1.04 bits per heavy atom. The van der Waals surface area contributed by atoms with Gasteiger partial charge in [0.1, 0.15) is 11.5 Å². The molecule has 0 aliphatic rings. The Balaban J connectivity index is 1.79. The maximum atomic E-state index is 13.0. The van der Waals surface area contributed by atoms with Crippen LogP contribution in [0.5, 0.6) is 5.75 Å². The zero-order valence-electron chi connectivity index (χ0n) is 15.2. The first-order valence-electron chi connectivity index (χ1n) is 8.77. The van der Waals surface area contributed by atoms with Gasteiger partial charge in [0, 0.05) is 22.7 Å². The number of fused-ring (bicyclic) bond motifs is 1. The zero-order chi connectivity index (χ0) is 19.5. The van der Waals surface area contributed by atoms with Crippen molar-refractivity contribution in [3.63, 3.8) is 0 Å². The van der Waals surface area contributed by atoms with Crippen LogP contribution in [0.25, 0.3) is 16.5 Å². The number of carbonyl (C=O) groups is 1. The van der Waals surface area contributed by atoms with E-state index in [9.17, 15) is 9.59 Å². The summed E-state index contributed by atoms with van der Waals surface area (Å²) in [5, 5.41) is 3.92. The zero-order valence-corrected chi connectivity index (χ0v) is 15.2. The molecular weight excluding hydrogens is 356 g/mol. The molecule has 140 valence electrons. The second-order valence-electron chi connectivity index (χ2n) is 6.22. The third kappa shape index (κ3) is 3.27. The Kier molecular flexibility index (Phi) is 4.68. The van der Waals surface area contributed by atoms with Gasteiger partial charge in [0.25, 0.3) is 11.5 Å². The molecule has 0 radical (unpaired) electrons. The highest BCUT2D eigenvalue weighted by atomic mass is 16.5. The SMILES string of the molecule is COc1ccc(-n2cc(C(=O)NCc3ccco3)c3ccccc3c2=O)cc1. The molecule has 6 nitrogen and oxygen atoms in total. The van der Waals surface area contributed by atoms with Crippen LogP contribution >= 0.6 is 0 Å². The second-order valence-corrected chi connectivity index (χ2v) is 6.22. The highest BCUT2D eigenvalue weighted by molar-refractivity contribution is 6.06. The molecule has 28 heavy (non-hydrogen) atoms. The third-order valence-corrected chi connectivity index (χ3v) is 4.52. The van der Waals surface area contributed by atoms with Gasteiger partial charge in [0.15, 0.2) is 0 Å². The summed E-state index contributed by atoms with van der Waals surface area (Å²) in [6.07, 6.45) is 3.13. The molecule has 1 amide bonds. The van der Waals surface area contributed by atoms with Crippen molar-refractivity contribution in [2.75, 3.05) is 7.11 Å². The van der Waals surface area contributed by atoms with Crippen molar-refractivity contribution in [2.24, 2.45) is 0 Å². The fourth-order valence-electron chi connectivity index (χ4n) is 3.08. The maximum Gasteiger partial charge on any atom is 0.262 e. The molecule has 6 heteroatoms. The van der Waals surface area contributed by atoms with E-state index in [1.54, 1.807) is 74.2 Å². The first-order chi connectivity index (χ1) is 13.7. The second kappa shape index (κ2) is 7.44. The van der Waals surface area contributed by atoms with E-state index < -0.39 is 0 Å². The summed E-state index contributed by atoms with van der Waals surface area (Å²) in [4.78, 5) is 25.8. The molecule has 2 heterocycles. The quantitative estimate of drug-likeness (QED) is 0.580. The average Bonchev–Trinajstić information content (AvgIpc) is 3.26. The number of benzene rings is 2. The van der Waals surface area contributed by atoms with E-state index in [0.717, 1.165) is 0 Å². The van der Waals surface area contributed by atoms with E-state index in [0.29, 0.717) is 33.5 Å². The number of amides is 1. The minimum atomic E-state index is -0.283. The normalized spacial score (nSPS) is 10.8. The monoisotopic (exact) mass is 374 g/mol. The fourth-order valence-corrected chi connectivity index (χ4v) is 3.08. The van der Waals surface area contributed by atoms with Crippen molar-refractivity contribution in [3.8, 4) is 11.4 Å². The van der Waals surface area contributed by atoms with Gasteiger partial charge in [-0.3, -0.25) is 14.2 Å². The van der Waals surface area contributed by atoms with Crippen LogP contribution in [-0.4, -0.2) is 17.6 Å². The Hall–Kier alpha value is -3.80. The van der Waals surface area contributed by atoms with Gasteiger partial charge in [-0.15, -0.1) is 0 Å². The van der Waals surface area contributed by atoms with Gasteiger partial charge in [-0.2, -0.15) is 0 Å². The molecule has 2 aromatic heterocycles. The van der Waals surface area contributed by atoms with Gasteiger partial charge in [0.05, 0.1) is 25.5 Å². The molecule has 0 saturated heterocycles. The van der Waals surface area contributed by atoms with E-state index in [1.807, 2.05) is 6.07 Å². The number of nitrogens with one attached hydrogen (secondary N) is 1. The molecule has 0 aliphatic carbocycles. The molecule has 0 aliphatic heterocycles. The first-order valence-corrected chi connectivity index (χ1v) is 8.77. The molecule has 0 bridgehead atoms. The van der Waals surface area contributed by atoms with Gasteiger partial charge in [-0.25, -0.2) is 0 Å². The molecule has 4 aromatic rings. The highest BCUT2D eigenvalue weighted by Gasteiger charge is 2.15. The van der Waals surface area contributed by atoms with Gasteiger partial charge in [-0.05, 0) is 42.5 Å². The fraction of sp³-hybridized carbons (Fsp3) is 0.0909. The molecule has 0 fully saturated rings. The predicted octanol–water partition coefficient (Wildman–Crippen LogP) is 3.52. The Bertz CT molecular complexity index is 1180. The summed E-state index contributed by atoms with van der Waals surface area (Å²) in [7, 11) is 1.58. The number of furan rings is 1. The largest absolute Gasteiger partial charge is 0.497 e. The van der Waals surface area contributed by atoms with Crippen LogP contribution in [0.3, 0.4) is 0 Å². The van der Waals surface area contributed by atoms with Crippen molar-refractivity contribution in [3.05, 3.63) is 94.8 Å². The van der Waals surface area contributed by atoms with Crippen molar-refractivity contribution < 1.29 is 13.9 Å². The number of hydrogen-bond acceptors (Lipinski definition) is 4. The molecule has 1 N–H and O–H groups in total. The lowest BCUT2D eigenvalue weighted by Crippen LogP contribution is -2.26. The van der Waals surface area contributed by atoms with E-state index >= 15 is 0 Å². The molecule has 0 saturated carbocycles. The summed E-state index contributed by atoms with van der Waals surface area (Å²) in [6, 6.07) is 17.7. The Morgan fingerprint density at radius 2 is 1.79 bits per heavy atom. The number of pyridine rings is 1. The number of nitrogens with zero attached hydrogens (tertiary/aromatic N) is 1. The first kappa shape index (κ1) is 17.6. The number of rotatable bonds is 5. The van der Waals surface area contributed by atoms with Crippen molar-refractivity contribution in [1.82, 2.24) is 9.88 Å². The highest BCUT2D eigenvalue weighted by Crippen LogP contribution is 2.19. The molecule has 0 atom stereocenters. The minimum absolute atomic E-state index is 0.191. The predicted molar refractivity (Wildman–Crippen MR) is 106 cm³/mol. The standard InChI is InChI=1S/C22H18N2O4/c1-27-16-10-8-15(9-11-16)24-14-20(18-6-2-3-7-19(18)22(24)26)21(25)23-13-17-5-4-12-28-17/h2-12,14H,13H2,1H3,(H,23,25). The Labute approximate surface area is 161 Å². The lowest BCUT2D eigenvalue weighted by atomic mass is 10.1. The summed E-state index contributed by atoms with van der Waals surface area (Å²) >= 11 is 0. The van der Waals surface area contributed by atoms with Crippen LogP contribution in [-0.2, 0) is 6.54 Å². The number of hydrogen-bond donors (Lipinski definition) is 1. The van der Waals surface area contributed by atoms with Crippen LogP contribution < -0.4 is 15.6 Å². The number of carbonyl (C=O) groups excluding carboxylic acids is 1. The number of aromatic nitrogens is 1. The smallest absolute Gasteiger partial charge is 0.262 e. The molecule has 4 rings (SSSR count). The van der Waals surface area contributed by atoms with E-state index in [-0.39, 0.29) is 18.0 Å². The van der Waals surface area contributed by atoms with Crippen LogP contribution in [0.15, 0.2) is 82.3 Å². The maximum absolute atomic E-state index is 13.0. The van der Waals surface area contributed by atoms with Gasteiger partial charge in [-0.1, -0.05) is 18.2 Å². The molecular formula is C22H18N2O4. The van der Waals surface area contributed by atoms with E-state index in [1.165, 1.54) is 4.57 Å². The van der Waals surface area contributed by atoms with Gasteiger partial charge >= 0.3 is 0 Å². The lowest BCUT2D eigenvalue weighted by Gasteiger charge is -2.13. The Morgan fingerprint density at radius 3 is 2.46 bits per heavy atom. The molecule has 0 spiro atoms. The number of methoxy groups -OCH3 is 1. The van der Waals surface area contributed by atoms with Crippen molar-refractivity contribution >= 4 is 16.7 Å². The van der Waals surface area contributed by atoms with Crippen LogP contribution in [0, 0.1) is 0 Å². The van der Waals surface area contributed by atoms with Crippen LogP contribution in [0.4, 0.5) is 0 Å². The van der Waals surface area contributed by atoms with E-state index in [2.05, 4.69) is 5.32 Å². The van der Waals surface area contributed by atoms with Crippen molar-refractivity contribution in [2.45, 2.75) is 6.54 Å². The van der Waals surface area contributed by atoms with E-state index in [4.69, 9.17) is 9.15 Å². The summed E-state index contributed by atoms with van der Waals surface area (Å²) in [5.74, 6) is 1.06. The lowest BCUT2D eigenvalue weighted by molar-refractivity contribution is 0.0949. The van der Waals surface area contributed by atoms with Gasteiger partial charge < -0.3 is 14.5 Å². The number of ether oxygens (including phenoxy) is 1. The third-order valence-electron chi connectivity index (χ3n) is 4.52. The molecule has 2 aromatic carbocycles. The summed E-state index contributed by atoms with van der Waals surface area (Å²) in [5.41, 5.74) is 0.873. The van der Waals surface area contributed by atoms with Gasteiger partial charge in [0.2, 0.25) is 0 Å². The average molecular weight is 374 g/mol. The topological polar surface area (TPSA) is 73.5 Å². The molecule has 0 unspecified atom stereocenters. The minimum Gasteiger partial charge on any atom is -0.497 e. The summed E-state index contributed by atoms with van der Waals surface area (Å²) < 4.78 is 11.9.